The summed E-state index contributed by atoms with van der Waals surface area (Å²) in [5, 5.41) is 9.58. The first-order chi connectivity index (χ1) is 12.6. The molecule has 1 atom stereocenters. The fourth-order valence-corrected chi connectivity index (χ4v) is 2.86. The smallest absolute Gasteiger partial charge is 0.430 e. The first-order valence-corrected chi connectivity index (χ1v) is 8.34. The third-order valence-corrected chi connectivity index (χ3v) is 4.60. The number of aliphatic carboxylic acids is 1. The maximum atomic E-state index is 13.1. The van der Waals surface area contributed by atoms with E-state index in [-0.39, 0.29) is 32.9 Å². The molecular weight excluding hydrogens is 432 g/mol. The molecule has 4 nitrogen and oxygen atoms in total. The average Bonchev–Trinajstić information content (AvgIpc) is 2.57. The summed E-state index contributed by atoms with van der Waals surface area (Å²) in [5.74, 6) is -1.71. The van der Waals surface area contributed by atoms with E-state index in [1.54, 1.807) is 0 Å². The van der Waals surface area contributed by atoms with Crippen molar-refractivity contribution in [3.8, 4) is 17.2 Å². The summed E-state index contributed by atoms with van der Waals surface area (Å²) < 4.78 is 49.8. The van der Waals surface area contributed by atoms with Crippen molar-refractivity contribution in [2.75, 3.05) is 0 Å². The second kappa shape index (κ2) is 7.14. The Labute approximate surface area is 165 Å². The zero-order valence-electron chi connectivity index (χ0n) is 13.0. The normalized spacial score (nSPS) is 16.2. The van der Waals surface area contributed by atoms with Gasteiger partial charge in [0.2, 0.25) is 6.10 Å². The van der Waals surface area contributed by atoms with E-state index in [0.717, 1.165) is 12.1 Å². The van der Waals surface area contributed by atoms with Gasteiger partial charge >= 0.3 is 12.1 Å². The van der Waals surface area contributed by atoms with E-state index in [2.05, 4.69) is 0 Å². The Hall–Kier alpha value is -2.09. The minimum Gasteiger partial charge on any atom is -0.478 e. The third kappa shape index (κ3) is 4.10. The van der Waals surface area contributed by atoms with E-state index >= 15 is 0 Å². The number of rotatable bonds is 3. The predicted molar refractivity (Wildman–Crippen MR) is 94.1 cm³/mol. The molecule has 1 aliphatic rings. The molecule has 1 N–H and O–H groups in total. The summed E-state index contributed by atoms with van der Waals surface area (Å²) in [4.78, 5) is 11.1. The molecule has 3 rings (SSSR count). The van der Waals surface area contributed by atoms with Crippen molar-refractivity contribution in [2.24, 2.45) is 0 Å². The van der Waals surface area contributed by atoms with Gasteiger partial charge in [-0.3, -0.25) is 0 Å². The highest BCUT2D eigenvalue weighted by Crippen LogP contribution is 2.42. The molecule has 142 valence electrons. The molecule has 0 bridgehead atoms. The molecule has 1 heterocycles. The van der Waals surface area contributed by atoms with E-state index < -0.39 is 23.8 Å². The van der Waals surface area contributed by atoms with Crippen molar-refractivity contribution in [3.63, 3.8) is 0 Å². The second-order valence-electron chi connectivity index (χ2n) is 5.44. The highest BCUT2D eigenvalue weighted by Gasteiger charge is 2.48. The van der Waals surface area contributed by atoms with Crippen LogP contribution in [0.5, 0.6) is 17.2 Å². The molecule has 0 saturated carbocycles. The fraction of sp³-hybridized carbons (Fsp3) is 0.118. The Balaban J connectivity index is 2.01. The molecular formula is C17H8Cl3F3O4. The van der Waals surface area contributed by atoms with Gasteiger partial charge in [-0.15, -0.1) is 0 Å². The van der Waals surface area contributed by atoms with Gasteiger partial charge in [0.05, 0.1) is 20.6 Å². The van der Waals surface area contributed by atoms with Gasteiger partial charge in [-0.1, -0.05) is 34.8 Å². The second-order valence-corrected chi connectivity index (χ2v) is 6.66. The number of carboxylic acid groups (broad SMARTS) is 1. The summed E-state index contributed by atoms with van der Waals surface area (Å²) >= 11 is 17.8. The van der Waals surface area contributed by atoms with Gasteiger partial charge in [-0.2, -0.15) is 13.2 Å². The largest absolute Gasteiger partial charge is 0.478 e. The van der Waals surface area contributed by atoms with Gasteiger partial charge in [0.25, 0.3) is 0 Å². The quantitative estimate of drug-likeness (QED) is 0.616. The lowest BCUT2D eigenvalue weighted by atomic mass is 10.0. The molecule has 0 spiro atoms. The lowest BCUT2D eigenvalue weighted by Gasteiger charge is -2.27. The molecule has 27 heavy (non-hydrogen) atoms. The van der Waals surface area contributed by atoms with Crippen LogP contribution in [0.4, 0.5) is 13.2 Å². The molecule has 0 aromatic heterocycles. The minimum absolute atomic E-state index is 0.00176. The number of benzene rings is 2. The number of fused-ring (bicyclic) bond motifs is 1. The number of carboxylic acids is 1. The topological polar surface area (TPSA) is 55.8 Å². The van der Waals surface area contributed by atoms with Gasteiger partial charge < -0.3 is 14.6 Å². The zero-order chi connectivity index (χ0) is 19.9. The van der Waals surface area contributed by atoms with Gasteiger partial charge in [0.1, 0.15) is 17.2 Å². The Morgan fingerprint density at radius 3 is 2.37 bits per heavy atom. The van der Waals surface area contributed by atoms with E-state index in [1.165, 1.54) is 24.3 Å². The Morgan fingerprint density at radius 2 is 1.78 bits per heavy atom. The van der Waals surface area contributed by atoms with Crippen LogP contribution in [-0.2, 0) is 4.79 Å². The van der Waals surface area contributed by atoms with Crippen LogP contribution < -0.4 is 9.47 Å². The number of hydrogen-bond donors (Lipinski definition) is 1. The summed E-state index contributed by atoms with van der Waals surface area (Å²) in [7, 11) is 0. The van der Waals surface area contributed by atoms with Crippen molar-refractivity contribution in [2.45, 2.75) is 12.3 Å². The van der Waals surface area contributed by atoms with Crippen molar-refractivity contribution in [1.82, 2.24) is 0 Å². The molecule has 2 aromatic carbocycles. The first kappa shape index (κ1) is 19.7. The molecule has 2 aromatic rings. The van der Waals surface area contributed by atoms with E-state index in [9.17, 15) is 18.0 Å². The molecule has 1 aliphatic heterocycles. The van der Waals surface area contributed by atoms with Crippen molar-refractivity contribution >= 4 is 46.8 Å². The molecule has 0 amide bonds. The minimum atomic E-state index is -4.91. The summed E-state index contributed by atoms with van der Waals surface area (Å²) in [6.07, 6.45) is -6.65. The highest BCUT2D eigenvalue weighted by molar-refractivity contribution is 6.42. The van der Waals surface area contributed by atoms with Gasteiger partial charge in [0.15, 0.2) is 0 Å². The Bertz CT molecular complexity index is 957. The van der Waals surface area contributed by atoms with Crippen LogP contribution in [0.2, 0.25) is 15.1 Å². The summed E-state index contributed by atoms with van der Waals surface area (Å²) in [6, 6.07) is 6.77. The van der Waals surface area contributed by atoms with Crippen molar-refractivity contribution < 1.29 is 32.5 Å². The standard InChI is InChI=1S/C17H8Cl3F3O4/c18-10-2-1-8(5-11(10)19)26-14-6-13-7(4-12(14)20)3-9(16(24)25)15(27-13)17(21,22)23/h1-6,15H,(H,24,25). The maximum Gasteiger partial charge on any atom is 0.430 e. The number of ether oxygens (including phenoxy) is 2. The lowest BCUT2D eigenvalue weighted by Crippen LogP contribution is -2.40. The van der Waals surface area contributed by atoms with Crippen LogP contribution in [0.1, 0.15) is 5.56 Å². The zero-order valence-corrected chi connectivity index (χ0v) is 15.2. The summed E-state index contributed by atoms with van der Waals surface area (Å²) in [5.41, 5.74) is -0.858. The van der Waals surface area contributed by atoms with Crippen LogP contribution in [0.15, 0.2) is 35.9 Å². The van der Waals surface area contributed by atoms with Gasteiger partial charge in [-0.25, -0.2) is 4.79 Å². The third-order valence-electron chi connectivity index (χ3n) is 3.57. The van der Waals surface area contributed by atoms with Gasteiger partial charge in [-0.05, 0) is 24.3 Å². The number of halogens is 6. The molecule has 0 radical (unpaired) electrons. The van der Waals surface area contributed by atoms with Crippen LogP contribution in [0, 0.1) is 0 Å². The number of carbonyl (C=O) groups is 1. The maximum absolute atomic E-state index is 13.1. The summed E-state index contributed by atoms with van der Waals surface area (Å²) in [6.45, 7) is 0. The number of alkyl halides is 3. The predicted octanol–water partition coefficient (Wildman–Crippen LogP) is 6.23. The molecule has 10 heteroatoms. The van der Waals surface area contributed by atoms with Crippen LogP contribution in [0.25, 0.3) is 6.08 Å². The molecule has 0 saturated heterocycles. The first-order valence-electron chi connectivity index (χ1n) is 7.21. The molecule has 0 aliphatic carbocycles. The Kier molecular flexibility index (Phi) is 5.20. The Morgan fingerprint density at radius 1 is 1.07 bits per heavy atom. The van der Waals surface area contributed by atoms with Crippen LogP contribution in [0.3, 0.4) is 0 Å². The number of hydrogen-bond acceptors (Lipinski definition) is 3. The van der Waals surface area contributed by atoms with Gasteiger partial charge in [0, 0.05) is 17.7 Å². The van der Waals surface area contributed by atoms with Crippen LogP contribution >= 0.6 is 34.8 Å². The van der Waals surface area contributed by atoms with E-state index in [0.29, 0.717) is 5.02 Å². The average molecular weight is 440 g/mol. The van der Waals surface area contributed by atoms with Crippen molar-refractivity contribution in [1.29, 1.82) is 0 Å². The molecule has 0 fully saturated rings. The van der Waals surface area contributed by atoms with Crippen LogP contribution in [-0.4, -0.2) is 23.4 Å². The molecule has 1 unspecified atom stereocenters. The van der Waals surface area contributed by atoms with E-state index in [1.807, 2.05) is 0 Å². The van der Waals surface area contributed by atoms with E-state index in [4.69, 9.17) is 49.4 Å². The lowest BCUT2D eigenvalue weighted by molar-refractivity contribution is -0.187. The highest BCUT2D eigenvalue weighted by atomic mass is 35.5. The van der Waals surface area contributed by atoms with Crippen molar-refractivity contribution in [3.05, 3.63) is 56.5 Å². The fourth-order valence-electron chi connectivity index (χ4n) is 2.36. The monoisotopic (exact) mass is 438 g/mol. The SMILES string of the molecule is O=C(O)C1=Cc2cc(Cl)c(Oc3ccc(Cl)c(Cl)c3)cc2OC1C(F)(F)F.